The third kappa shape index (κ3) is 4.53. The molecule has 2 N–H and O–H groups in total. The summed E-state index contributed by atoms with van der Waals surface area (Å²) in [7, 11) is 2.13. The molecule has 2 heterocycles. The predicted octanol–water partition coefficient (Wildman–Crippen LogP) is 1.47. The lowest BCUT2D eigenvalue weighted by atomic mass is 10.1. The molecule has 1 aliphatic heterocycles. The van der Waals surface area contributed by atoms with E-state index in [1.165, 1.54) is 11.0 Å². The van der Waals surface area contributed by atoms with Crippen molar-refractivity contribution in [3.05, 3.63) is 75.8 Å². The molecule has 168 valence electrons. The molecule has 4 rings (SSSR count). The Kier molecular flexibility index (Phi) is 6.55. The van der Waals surface area contributed by atoms with Gasteiger partial charge in [-0.15, -0.1) is 0 Å². The Morgan fingerprint density at radius 1 is 1.16 bits per heavy atom. The highest BCUT2D eigenvalue weighted by Crippen LogP contribution is 2.25. The maximum Gasteiger partial charge on any atom is 0.256 e. The van der Waals surface area contributed by atoms with Gasteiger partial charge in [-0.05, 0) is 31.0 Å². The molecule has 0 saturated carbocycles. The number of benzene rings is 2. The van der Waals surface area contributed by atoms with E-state index in [2.05, 4.69) is 12.4 Å². The zero-order valence-electron chi connectivity index (χ0n) is 18.7. The largest absolute Gasteiger partial charge is 0.358 e. The number of likely N-dealkylation sites (N-methyl/N-ethyl adjacent to an activating group) is 1. The number of fused-ring (bicyclic) bond motifs is 1. The van der Waals surface area contributed by atoms with Gasteiger partial charge in [-0.2, -0.15) is 0 Å². The first-order chi connectivity index (χ1) is 15.5. The van der Waals surface area contributed by atoms with Crippen molar-refractivity contribution in [1.29, 1.82) is 0 Å². The molecule has 0 spiro atoms. The third-order valence-corrected chi connectivity index (χ3v) is 6.23. The number of anilines is 1. The summed E-state index contributed by atoms with van der Waals surface area (Å²) in [6.07, 6.45) is 2.27. The van der Waals surface area contributed by atoms with Crippen molar-refractivity contribution >= 4 is 22.5 Å². The van der Waals surface area contributed by atoms with E-state index in [4.69, 9.17) is 0 Å². The fourth-order valence-electron chi connectivity index (χ4n) is 4.25. The van der Waals surface area contributed by atoms with Crippen LogP contribution in [0.2, 0.25) is 0 Å². The summed E-state index contributed by atoms with van der Waals surface area (Å²) in [5, 5.41) is 3.07. The summed E-state index contributed by atoms with van der Waals surface area (Å²) in [6.45, 7) is 6.37. The van der Waals surface area contributed by atoms with Crippen molar-refractivity contribution in [2.75, 3.05) is 44.7 Å². The lowest BCUT2D eigenvalue weighted by Gasteiger charge is -2.32. The molecule has 1 saturated heterocycles. The minimum atomic E-state index is -0.435. The number of hydrogen-bond acceptors (Lipinski definition) is 3. The smallest absolute Gasteiger partial charge is 0.256 e. The second-order valence-electron chi connectivity index (χ2n) is 8.41. The summed E-state index contributed by atoms with van der Waals surface area (Å²) in [5.41, 5.74) is 1.89. The molecule has 0 bridgehead atoms. The van der Waals surface area contributed by atoms with Gasteiger partial charge in [0.25, 0.3) is 5.91 Å². The van der Waals surface area contributed by atoms with Gasteiger partial charge in [0.05, 0.1) is 44.4 Å². The Morgan fingerprint density at radius 3 is 2.56 bits per heavy atom. The fraction of sp³-hybridized carbons (Fsp3) is 0.360. The van der Waals surface area contributed by atoms with E-state index in [9.17, 15) is 9.59 Å². The number of nitrogens with one attached hydrogen (secondary N) is 2. The van der Waals surface area contributed by atoms with E-state index in [0.717, 1.165) is 31.7 Å². The fourth-order valence-corrected chi connectivity index (χ4v) is 4.25. The highest BCUT2D eigenvalue weighted by molar-refractivity contribution is 5.97. The number of aryl methyl sites for hydroxylation is 1. The van der Waals surface area contributed by atoms with Gasteiger partial charge >= 0.3 is 0 Å². The van der Waals surface area contributed by atoms with E-state index in [1.807, 2.05) is 46.7 Å². The summed E-state index contributed by atoms with van der Waals surface area (Å²) in [6, 6.07) is 12.9. The number of hydrogen-bond donors (Lipinski definition) is 2. The lowest BCUT2D eigenvalue weighted by molar-refractivity contribution is -0.880. The van der Waals surface area contributed by atoms with E-state index in [0.29, 0.717) is 30.7 Å². The van der Waals surface area contributed by atoms with Crippen LogP contribution in [0.25, 0.3) is 10.9 Å². The number of aromatic nitrogens is 1. The minimum absolute atomic E-state index is 0.0442. The molecule has 0 atom stereocenters. The average molecular weight is 438 g/mol. The van der Waals surface area contributed by atoms with Crippen LogP contribution in [0.1, 0.15) is 22.8 Å². The minimum Gasteiger partial charge on any atom is -0.358 e. The maximum absolute atomic E-state index is 15.0. The van der Waals surface area contributed by atoms with Gasteiger partial charge in [0, 0.05) is 24.7 Å². The zero-order valence-corrected chi connectivity index (χ0v) is 18.7. The van der Waals surface area contributed by atoms with Gasteiger partial charge in [-0.3, -0.25) is 9.59 Å². The zero-order chi connectivity index (χ0) is 22.7. The van der Waals surface area contributed by atoms with Crippen molar-refractivity contribution in [3.8, 4) is 0 Å². The maximum atomic E-state index is 15.0. The van der Waals surface area contributed by atoms with Crippen LogP contribution in [0.4, 0.5) is 10.1 Å². The summed E-state index contributed by atoms with van der Waals surface area (Å²) in [4.78, 5) is 29.3. The van der Waals surface area contributed by atoms with Crippen LogP contribution in [-0.4, -0.2) is 50.2 Å². The first-order valence-corrected chi connectivity index (χ1v) is 11.2. The number of nitrogens with zero attached hydrogens (tertiary/aromatic N) is 2. The Bertz CT molecular complexity index is 1170. The normalized spacial score (nSPS) is 14.7. The monoisotopic (exact) mass is 437 g/mol. The molecule has 6 nitrogen and oxygen atoms in total. The van der Waals surface area contributed by atoms with Crippen molar-refractivity contribution in [2.45, 2.75) is 19.9 Å². The Morgan fingerprint density at radius 2 is 1.88 bits per heavy atom. The van der Waals surface area contributed by atoms with Gasteiger partial charge in [0.15, 0.2) is 0 Å². The number of piperazine rings is 1. The van der Waals surface area contributed by atoms with Crippen LogP contribution < -0.4 is 20.5 Å². The number of quaternary nitrogens is 1. The van der Waals surface area contributed by atoms with Gasteiger partial charge in [0.1, 0.15) is 11.4 Å². The van der Waals surface area contributed by atoms with E-state index in [-0.39, 0.29) is 10.9 Å². The molecule has 0 radical (unpaired) electrons. The second kappa shape index (κ2) is 9.53. The SMILES string of the molecule is CCn1cc(C(=O)NCCc2ccccc2)c(=O)c2cc(F)c(N3CC[NH+](C)CC3)cc21. The Hall–Kier alpha value is -3.19. The van der Waals surface area contributed by atoms with Gasteiger partial charge < -0.3 is 19.7 Å². The van der Waals surface area contributed by atoms with Gasteiger partial charge in [-0.25, -0.2) is 4.39 Å². The molecule has 2 aromatic carbocycles. The number of carbonyl (C=O) groups excluding carboxylic acids is 1. The summed E-state index contributed by atoms with van der Waals surface area (Å²) in [5.74, 6) is -0.847. The van der Waals surface area contributed by atoms with Crippen molar-refractivity contribution < 1.29 is 14.1 Å². The molecule has 1 aromatic heterocycles. The molecule has 7 heteroatoms. The third-order valence-electron chi connectivity index (χ3n) is 6.23. The van der Waals surface area contributed by atoms with E-state index in [1.54, 1.807) is 12.3 Å². The van der Waals surface area contributed by atoms with Crippen LogP contribution in [0.15, 0.2) is 53.5 Å². The molecule has 32 heavy (non-hydrogen) atoms. The van der Waals surface area contributed by atoms with E-state index < -0.39 is 17.2 Å². The molecular formula is C25H30FN4O2+. The summed E-state index contributed by atoms with van der Waals surface area (Å²) < 4.78 is 16.9. The quantitative estimate of drug-likeness (QED) is 0.614. The standard InChI is InChI=1S/C25H29FN4O2/c1-3-29-17-20(25(32)27-10-9-18-7-5-4-6-8-18)24(31)19-15-21(26)23(16-22(19)29)30-13-11-28(2)12-14-30/h4-8,15-17H,3,9-14H2,1-2H3,(H,27,32)/p+1. The number of rotatable bonds is 6. The van der Waals surface area contributed by atoms with Crippen LogP contribution in [-0.2, 0) is 13.0 Å². The number of amides is 1. The van der Waals surface area contributed by atoms with Crippen LogP contribution in [0.3, 0.4) is 0 Å². The molecule has 0 unspecified atom stereocenters. The molecule has 1 fully saturated rings. The van der Waals surface area contributed by atoms with Gasteiger partial charge in [-0.1, -0.05) is 30.3 Å². The topological polar surface area (TPSA) is 58.8 Å². The Balaban J connectivity index is 1.62. The van der Waals surface area contributed by atoms with Crippen molar-refractivity contribution in [1.82, 2.24) is 9.88 Å². The first kappa shape index (κ1) is 22.0. The first-order valence-electron chi connectivity index (χ1n) is 11.2. The number of halogens is 1. The van der Waals surface area contributed by atoms with Crippen LogP contribution in [0.5, 0.6) is 0 Å². The van der Waals surface area contributed by atoms with Crippen molar-refractivity contribution in [3.63, 3.8) is 0 Å². The second-order valence-corrected chi connectivity index (χ2v) is 8.41. The van der Waals surface area contributed by atoms with Gasteiger partial charge in [0.2, 0.25) is 5.43 Å². The molecule has 0 aliphatic carbocycles. The molecule has 1 amide bonds. The van der Waals surface area contributed by atoms with Crippen LogP contribution in [0, 0.1) is 5.82 Å². The van der Waals surface area contributed by atoms with Crippen LogP contribution >= 0.6 is 0 Å². The number of pyridine rings is 1. The van der Waals surface area contributed by atoms with E-state index >= 15 is 4.39 Å². The summed E-state index contributed by atoms with van der Waals surface area (Å²) >= 11 is 0. The lowest BCUT2D eigenvalue weighted by Crippen LogP contribution is -3.12. The average Bonchev–Trinajstić information content (AvgIpc) is 2.80. The molecule has 3 aromatic rings. The highest BCUT2D eigenvalue weighted by atomic mass is 19.1. The Labute approximate surface area is 187 Å². The number of carbonyl (C=O) groups is 1. The van der Waals surface area contributed by atoms with Crippen molar-refractivity contribution in [2.24, 2.45) is 0 Å². The predicted molar refractivity (Wildman–Crippen MR) is 125 cm³/mol. The highest BCUT2D eigenvalue weighted by Gasteiger charge is 2.22. The molecule has 1 aliphatic rings. The molecular weight excluding hydrogens is 407 g/mol.